The number of hydrogen-bond acceptors (Lipinski definition) is 4. The van der Waals surface area contributed by atoms with Crippen LogP contribution in [0.4, 0.5) is 5.69 Å². The second-order valence-electron chi connectivity index (χ2n) is 5.57. The van der Waals surface area contributed by atoms with Gasteiger partial charge in [-0.3, -0.25) is 4.79 Å². The Hall–Kier alpha value is -2.97. The number of carbonyl (C=O) groups is 1. The summed E-state index contributed by atoms with van der Waals surface area (Å²) in [5.41, 5.74) is 1.18. The Balaban J connectivity index is 1.82. The molecule has 0 unspecified atom stereocenters. The lowest BCUT2D eigenvalue weighted by Crippen LogP contribution is -2.09. The number of ether oxygens (including phenoxy) is 1. The SMILES string of the molecule is [C-]#[N+]C(=CC=CC=C1Sc2ccc3ccccc3c2N1C)C(=O)OCC. The quantitative estimate of drug-likeness (QED) is 0.326. The molecule has 26 heavy (non-hydrogen) atoms. The van der Waals surface area contributed by atoms with Crippen LogP contribution in [0.15, 0.2) is 76.3 Å². The first-order chi connectivity index (χ1) is 12.7. The number of anilines is 1. The first-order valence-electron chi connectivity index (χ1n) is 8.22. The van der Waals surface area contributed by atoms with Crippen LogP contribution in [0.25, 0.3) is 15.6 Å². The highest BCUT2D eigenvalue weighted by atomic mass is 32.2. The lowest BCUT2D eigenvalue weighted by Gasteiger charge is -2.15. The van der Waals surface area contributed by atoms with Crippen LogP contribution in [0.3, 0.4) is 0 Å². The topological polar surface area (TPSA) is 33.9 Å². The van der Waals surface area contributed by atoms with E-state index in [9.17, 15) is 4.79 Å². The van der Waals surface area contributed by atoms with E-state index in [1.165, 1.54) is 27.4 Å². The van der Waals surface area contributed by atoms with Gasteiger partial charge in [-0.15, -0.1) is 0 Å². The lowest BCUT2D eigenvalue weighted by atomic mass is 10.1. The van der Waals surface area contributed by atoms with Crippen molar-refractivity contribution in [3.05, 3.63) is 82.8 Å². The molecule has 3 rings (SSSR count). The van der Waals surface area contributed by atoms with Gasteiger partial charge in [0.2, 0.25) is 0 Å². The summed E-state index contributed by atoms with van der Waals surface area (Å²) < 4.78 is 4.84. The van der Waals surface area contributed by atoms with Gasteiger partial charge in [0.05, 0.1) is 23.9 Å². The molecule has 0 aliphatic carbocycles. The number of benzene rings is 2. The summed E-state index contributed by atoms with van der Waals surface area (Å²) in [5.74, 6) is -0.592. The van der Waals surface area contributed by atoms with Crippen LogP contribution < -0.4 is 4.90 Å². The predicted octanol–water partition coefficient (Wildman–Crippen LogP) is 5.15. The Labute approximate surface area is 157 Å². The normalized spacial score (nSPS) is 15.5. The molecule has 0 N–H and O–H groups in total. The highest BCUT2D eigenvalue weighted by Crippen LogP contribution is 2.48. The van der Waals surface area contributed by atoms with Crippen LogP contribution in [0.1, 0.15) is 6.92 Å². The molecule has 1 aliphatic heterocycles. The standard InChI is InChI=1S/C21H18N2O2S/c1-4-25-21(24)17(22-2)11-7-8-12-19-23(3)20-16-10-6-5-9-15(16)13-14-18(20)26-19/h5-14H,4H2,1,3H3. The maximum atomic E-state index is 11.6. The molecule has 0 saturated heterocycles. The van der Waals surface area contributed by atoms with Crippen molar-refractivity contribution >= 4 is 34.2 Å². The Morgan fingerprint density at radius 3 is 2.85 bits per heavy atom. The predicted molar refractivity (Wildman–Crippen MR) is 107 cm³/mol. The summed E-state index contributed by atoms with van der Waals surface area (Å²) in [7, 11) is 2.05. The summed E-state index contributed by atoms with van der Waals surface area (Å²) in [6, 6.07) is 12.6. The summed E-state index contributed by atoms with van der Waals surface area (Å²) in [4.78, 5) is 18.2. The van der Waals surface area contributed by atoms with Gasteiger partial charge in [0.25, 0.3) is 5.70 Å². The van der Waals surface area contributed by atoms with Crippen LogP contribution in [-0.2, 0) is 9.53 Å². The first kappa shape index (κ1) is 17.8. The number of esters is 1. The molecule has 1 aliphatic rings. The largest absolute Gasteiger partial charge is 0.471 e. The fourth-order valence-corrected chi connectivity index (χ4v) is 3.82. The molecule has 0 saturated carbocycles. The van der Waals surface area contributed by atoms with Crippen molar-refractivity contribution < 1.29 is 9.53 Å². The second-order valence-corrected chi connectivity index (χ2v) is 6.63. The molecule has 2 aromatic carbocycles. The Kier molecular flexibility index (Phi) is 5.45. The van der Waals surface area contributed by atoms with Crippen molar-refractivity contribution in [3.8, 4) is 0 Å². The van der Waals surface area contributed by atoms with E-state index < -0.39 is 5.97 Å². The smallest absolute Gasteiger partial charge is 0.336 e. The van der Waals surface area contributed by atoms with Crippen LogP contribution >= 0.6 is 11.8 Å². The molecule has 0 bridgehead atoms. The molecule has 0 spiro atoms. The van der Waals surface area contributed by atoms with E-state index in [2.05, 4.69) is 40.1 Å². The average molecular weight is 362 g/mol. The zero-order chi connectivity index (χ0) is 18.5. The Morgan fingerprint density at radius 1 is 1.27 bits per heavy atom. The van der Waals surface area contributed by atoms with Gasteiger partial charge in [-0.05, 0) is 30.5 Å². The van der Waals surface area contributed by atoms with Gasteiger partial charge < -0.3 is 9.64 Å². The van der Waals surface area contributed by atoms with E-state index in [4.69, 9.17) is 11.3 Å². The number of nitrogens with zero attached hydrogens (tertiary/aromatic N) is 2. The van der Waals surface area contributed by atoms with Crippen LogP contribution in [0.2, 0.25) is 0 Å². The van der Waals surface area contributed by atoms with Gasteiger partial charge in [-0.2, -0.15) is 0 Å². The molecule has 4 nitrogen and oxygen atoms in total. The molecule has 0 amide bonds. The Bertz CT molecular complexity index is 983. The number of rotatable bonds is 4. The molecule has 0 aromatic heterocycles. The molecular formula is C21H18N2O2S. The molecule has 130 valence electrons. The molecule has 0 fully saturated rings. The maximum Gasteiger partial charge on any atom is 0.336 e. The fourth-order valence-electron chi connectivity index (χ4n) is 2.74. The third-order valence-corrected chi connectivity index (χ3v) is 5.12. The lowest BCUT2D eigenvalue weighted by molar-refractivity contribution is -0.138. The second kappa shape index (κ2) is 7.94. The van der Waals surface area contributed by atoms with Crippen molar-refractivity contribution in [2.75, 3.05) is 18.6 Å². The van der Waals surface area contributed by atoms with E-state index in [1.54, 1.807) is 24.8 Å². The average Bonchev–Trinajstić information content (AvgIpc) is 2.98. The summed E-state index contributed by atoms with van der Waals surface area (Å²) in [6.07, 6.45) is 6.97. The number of hydrogen-bond donors (Lipinski definition) is 0. The van der Waals surface area contributed by atoms with Crippen LogP contribution in [0, 0.1) is 6.57 Å². The minimum absolute atomic E-state index is 0.0248. The van der Waals surface area contributed by atoms with E-state index in [0.29, 0.717) is 0 Å². The highest BCUT2D eigenvalue weighted by molar-refractivity contribution is 8.03. The van der Waals surface area contributed by atoms with Crippen molar-refractivity contribution in [3.63, 3.8) is 0 Å². The maximum absolute atomic E-state index is 11.6. The van der Waals surface area contributed by atoms with Gasteiger partial charge in [0.1, 0.15) is 0 Å². The summed E-state index contributed by atoms with van der Waals surface area (Å²) >= 11 is 1.70. The summed E-state index contributed by atoms with van der Waals surface area (Å²) in [5, 5.41) is 3.53. The third-order valence-electron chi connectivity index (χ3n) is 3.95. The highest BCUT2D eigenvalue weighted by Gasteiger charge is 2.23. The van der Waals surface area contributed by atoms with Crippen molar-refractivity contribution in [1.29, 1.82) is 0 Å². The number of fused-ring (bicyclic) bond motifs is 3. The molecular weight excluding hydrogens is 344 g/mol. The minimum atomic E-state index is -0.592. The van der Waals surface area contributed by atoms with Gasteiger partial charge >= 0.3 is 5.97 Å². The zero-order valence-corrected chi connectivity index (χ0v) is 15.4. The first-order valence-corrected chi connectivity index (χ1v) is 9.04. The number of carbonyl (C=O) groups excluding carboxylic acids is 1. The molecule has 0 radical (unpaired) electrons. The van der Waals surface area contributed by atoms with E-state index in [0.717, 1.165) is 5.03 Å². The van der Waals surface area contributed by atoms with Crippen molar-refractivity contribution in [2.45, 2.75) is 11.8 Å². The van der Waals surface area contributed by atoms with E-state index >= 15 is 0 Å². The van der Waals surface area contributed by atoms with Crippen molar-refractivity contribution in [1.82, 2.24) is 0 Å². The van der Waals surface area contributed by atoms with Crippen LogP contribution in [0.5, 0.6) is 0 Å². The molecule has 5 heteroatoms. The molecule has 2 aromatic rings. The van der Waals surface area contributed by atoms with E-state index in [-0.39, 0.29) is 12.3 Å². The van der Waals surface area contributed by atoms with Gasteiger partial charge in [-0.1, -0.05) is 54.2 Å². The van der Waals surface area contributed by atoms with Gasteiger partial charge in [0, 0.05) is 17.3 Å². The Morgan fingerprint density at radius 2 is 2.08 bits per heavy atom. The third kappa shape index (κ3) is 3.51. The number of thioether (sulfide) groups is 1. The molecule has 1 heterocycles. The van der Waals surface area contributed by atoms with Crippen LogP contribution in [-0.4, -0.2) is 19.6 Å². The monoisotopic (exact) mass is 362 g/mol. The zero-order valence-electron chi connectivity index (χ0n) is 14.6. The van der Waals surface area contributed by atoms with Crippen molar-refractivity contribution in [2.24, 2.45) is 0 Å². The minimum Gasteiger partial charge on any atom is -0.471 e. The number of allylic oxidation sites excluding steroid dienone is 4. The fraction of sp³-hybridized carbons (Fsp3) is 0.143. The van der Waals surface area contributed by atoms with Gasteiger partial charge in [-0.25, -0.2) is 4.85 Å². The molecule has 0 atom stereocenters. The van der Waals surface area contributed by atoms with Gasteiger partial charge in [0.15, 0.2) is 0 Å². The van der Waals surface area contributed by atoms with E-state index in [1.807, 2.05) is 25.3 Å². The summed E-state index contributed by atoms with van der Waals surface area (Å²) in [6.45, 7) is 9.04.